The van der Waals surface area contributed by atoms with E-state index in [0.29, 0.717) is 11.3 Å². The molecule has 0 saturated heterocycles. The summed E-state index contributed by atoms with van der Waals surface area (Å²) >= 11 is 0. The topological polar surface area (TPSA) is 101 Å². The maximum absolute atomic E-state index is 12.3. The van der Waals surface area contributed by atoms with Crippen LogP contribution in [0.25, 0.3) is 11.3 Å². The molecule has 0 fully saturated rings. The number of rotatable bonds is 7. The van der Waals surface area contributed by atoms with Crippen molar-refractivity contribution in [3.63, 3.8) is 0 Å². The summed E-state index contributed by atoms with van der Waals surface area (Å²) in [6, 6.07) is 16.5. The second-order valence-electron chi connectivity index (χ2n) is 6.74. The Balaban J connectivity index is 1.60. The Labute approximate surface area is 174 Å². The molecule has 0 atom stereocenters. The minimum atomic E-state index is -3.54. The van der Waals surface area contributed by atoms with Crippen LogP contribution in [0.4, 0.5) is 0 Å². The molecule has 1 aromatic heterocycles. The third-order valence-electron chi connectivity index (χ3n) is 4.48. The van der Waals surface area contributed by atoms with Gasteiger partial charge in [0.25, 0.3) is 11.5 Å². The van der Waals surface area contributed by atoms with E-state index in [2.05, 4.69) is 10.3 Å². The smallest absolute Gasteiger partial charge is 0.253 e. The zero-order valence-electron chi connectivity index (χ0n) is 16.6. The van der Waals surface area contributed by atoms with E-state index in [4.69, 9.17) is 0 Å². The first-order chi connectivity index (χ1) is 14.3. The Bertz CT molecular complexity index is 1190. The highest BCUT2D eigenvalue weighted by atomic mass is 32.2. The Morgan fingerprint density at radius 3 is 2.33 bits per heavy atom. The highest BCUT2D eigenvalue weighted by Crippen LogP contribution is 2.14. The number of hydrogen-bond acceptors (Lipinski definition) is 5. The molecule has 8 nitrogen and oxygen atoms in total. The number of benzene rings is 2. The highest BCUT2D eigenvalue weighted by molar-refractivity contribution is 7.89. The summed E-state index contributed by atoms with van der Waals surface area (Å²) < 4.78 is 26.7. The van der Waals surface area contributed by atoms with E-state index < -0.39 is 10.0 Å². The van der Waals surface area contributed by atoms with Crippen molar-refractivity contribution < 1.29 is 13.2 Å². The third kappa shape index (κ3) is 4.81. The van der Waals surface area contributed by atoms with Gasteiger partial charge in [-0.2, -0.15) is 0 Å². The lowest BCUT2D eigenvalue weighted by Gasteiger charge is -2.12. The van der Waals surface area contributed by atoms with Crippen molar-refractivity contribution in [1.82, 2.24) is 19.2 Å². The maximum Gasteiger partial charge on any atom is 0.253 e. The average molecular weight is 426 g/mol. The van der Waals surface area contributed by atoms with Crippen LogP contribution in [0.15, 0.2) is 76.7 Å². The van der Waals surface area contributed by atoms with Crippen LogP contribution in [-0.4, -0.2) is 48.8 Å². The molecule has 0 radical (unpaired) electrons. The second kappa shape index (κ2) is 9.02. The number of sulfonamides is 1. The first-order valence-electron chi connectivity index (χ1n) is 9.22. The summed E-state index contributed by atoms with van der Waals surface area (Å²) in [4.78, 5) is 29.0. The van der Waals surface area contributed by atoms with Crippen molar-refractivity contribution in [2.24, 2.45) is 0 Å². The molecule has 1 amide bonds. The number of hydrogen-bond donors (Lipinski definition) is 1. The van der Waals surface area contributed by atoms with Crippen molar-refractivity contribution in [3.05, 3.63) is 82.9 Å². The molecule has 1 N–H and O–H groups in total. The van der Waals surface area contributed by atoms with Gasteiger partial charge < -0.3 is 5.32 Å². The van der Waals surface area contributed by atoms with E-state index in [1.165, 1.54) is 55.3 Å². The van der Waals surface area contributed by atoms with E-state index >= 15 is 0 Å². The lowest BCUT2D eigenvalue weighted by molar-refractivity contribution is 0.0952. The van der Waals surface area contributed by atoms with Crippen LogP contribution in [0.1, 0.15) is 10.4 Å². The van der Waals surface area contributed by atoms with E-state index in [1.54, 1.807) is 0 Å². The van der Waals surface area contributed by atoms with Gasteiger partial charge in [0, 0.05) is 44.4 Å². The van der Waals surface area contributed by atoms with Gasteiger partial charge in [0.2, 0.25) is 10.0 Å². The van der Waals surface area contributed by atoms with Crippen molar-refractivity contribution >= 4 is 15.9 Å². The predicted molar refractivity (Wildman–Crippen MR) is 114 cm³/mol. The van der Waals surface area contributed by atoms with Crippen LogP contribution < -0.4 is 10.9 Å². The zero-order valence-corrected chi connectivity index (χ0v) is 17.5. The molecule has 0 bridgehead atoms. The van der Waals surface area contributed by atoms with Crippen LogP contribution >= 0.6 is 0 Å². The van der Waals surface area contributed by atoms with Crippen LogP contribution in [0.5, 0.6) is 0 Å². The molecular weight excluding hydrogens is 404 g/mol. The standard InChI is InChI=1S/C21H22N4O4S/c1-24(2)30(28,29)18-10-8-17(9-11-18)21(27)22-12-13-25-15-23-19(14-20(25)26)16-6-4-3-5-7-16/h3-11,14-15H,12-13H2,1-2H3,(H,22,27). The SMILES string of the molecule is CN(C)S(=O)(=O)c1ccc(C(=O)NCCn2cnc(-c3ccccc3)cc2=O)cc1. The van der Waals surface area contributed by atoms with Crippen LogP contribution in [-0.2, 0) is 16.6 Å². The third-order valence-corrected chi connectivity index (χ3v) is 6.31. The fraction of sp³-hybridized carbons (Fsp3) is 0.190. The van der Waals surface area contributed by atoms with E-state index in [1.807, 2.05) is 30.3 Å². The molecule has 3 rings (SSSR count). The van der Waals surface area contributed by atoms with Crippen molar-refractivity contribution in [2.45, 2.75) is 11.4 Å². The van der Waals surface area contributed by atoms with Crippen molar-refractivity contribution in [3.8, 4) is 11.3 Å². The van der Waals surface area contributed by atoms with Gasteiger partial charge in [-0.15, -0.1) is 0 Å². The summed E-state index contributed by atoms with van der Waals surface area (Å²) in [6.07, 6.45) is 1.46. The first kappa shape index (κ1) is 21.4. The van der Waals surface area contributed by atoms with Crippen molar-refractivity contribution in [1.29, 1.82) is 0 Å². The Morgan fingerprint density at radius 2 is 1.73 bits per heavy atom. The van der Waals surface area contributed by atoms with Crippen LogP contribution in [0, 0.1) is 0 Å². The zero-order chi connectivity index (χ0) is 21.7. The molecule has 1 heterocycles. The summed E-state index contributed by atoms with van der Waals surface area (Å²) in [7, 11) is -0.657. The molecule has 0 aliphatic heterocycles. The number of nitrogens with zero attached hydrogens (tertiary/aromatic N) is 3. The van der Waals surface area contributed by atoms with Crippen LogP contribution in [0.2, 0.25) is 0 Å². The van der Waals surface area contributed by atoms with Gasteiger partial charge in [-0.1, -0.05) is 30.3 Å². The Kier molecular flexibility index (Phi) is 6.43. The summed E-state index contributed by atoms with van der Waals surface area (Å²) in [6.45, 7) is 0.489. The van der Waals surface area contributed by atoms with Crippen molar-refractivity contribution in [2.75, 3.05) is 20.6 Å². The molecule has 0 spiro atoms. The Morgan fingerprint density at radius 1 is 1.07 bits per heavy atom. The summed E-state index contributed by atoms with van der Waals surface area (Å²) in [5.41, 5.74) is 1.57. The number of aromatic nitrogens is 2. The Hall–Kier alpha value is -3.30. The number of carbonyl (C=O) groups excluding carboxylic acids is 1. The monoisotopic (exact) mass is 426 g/mol. The van der Waals surface area contributed by atoms with Crippen LogP contribution in [0.3, 0.4) is 0 Å². The van der Waals surface area contributed by atoms with E-state index in [0.717, 1.165) is 9.87 Å². The van der Waals surface area contributed by atoms with E-state index in [-0.39, 0.29) is 29.5 Å². The molecule has 0 saturated carbocycles. The minimum Gasteiger partial charge on any atom is -0.350 e. The van der Waals surface area contributed by atoms with Gasteiger partial charge in [0.15, 0.2) is 0 Å². The number of nitrogens with one attached hydrogen (secondary N) is 1. The first-order valence-corrected chi connectivity index (χ1v) is 10.7. The summed E-state index contributed by atoms with van der Waals surface area (Å²) in [5.74, 6) is -0.356. The number of carbonyl (C=O) groups is 1. The predicted octanol–water partition coefficient (Wildman–Crippen LogP) is 1.59. The van der Waals surface area contributed by atoms with Gasteiger partial charge in [0.1, 0.15) is 0 Å². The summed E-state index contributed by atoms with van der Waals surface area (Å²) in [5, 5.41) is 2.72. The molecular formula is C21H22N4O4S. The molecule has 156 valence electrons. The molecule has 9 heteroatoms. The average Bonchev–Trinajstić information content (AvgIpc) is 2.75. The van der Waals surface area contributed by atoms with Gasteiger partial charge >= 0.3 is 0 Å². The molecule has 3 aromatic rings. The van der Waals surface area contributed by atoms with Gasteiger partial charge in [-0.05, 0) is 24.3 Å². The van der Waals surface area contributed by atoms with Gasteiger partial charge in [-0.25, -0.2) is 17.7 Å². The second-order valence-corrected chi connectivity index (χ2v) is 8.89. The molecule has 0 unspecified atom stereocenters. The highest BCUT2D eigenvalue weighted by Gasteiger charge is 2.17. The largest absolute Gasteiger partial charge is 0.350 e. The van der Waals surface area contributed by atoms with Gasteiger partial charge in [0.05, 0.1) is 16.9 Å². The minimum absolute atomic E-state index is 0.111. The molecule has 2 aromatic carbocycles. The van der Waals surface area contributed by atoms with Gasteiger partial charge in [-0.3, -0.25) is 14.2 Å². The fourth-order valence-electron chi connectivity index (χ4n) is 2.74. The number of amides is 1. The molecule has 0 aliphatic rings. The molecule has 0 aliphatic carbocycles. The fourth-order valence-corrected chi connectivity index (χ4v) is 3.64. The maximum atomic E-state index is 12.3. The van der Waals surface area contributed by atoms with E-state index in [9.17, 15) is 18.0 Å². The molecule has 30 heavy (non-hydrogen) atoms. The normalized spacial score (nSPS) is 11.4. The quantitative estimate of drug-likeness (QED) is 0.618. The lowest BCUT2D eigenvalue weighted by atomic mass is 10.1. The lowest BCUT2D eigenvalue weighted by Crippen LogP contribution is -2.30.